The van der Waals surface area contributed by atoms with Crippen molar-refractivity contribution in [2.24, 2.45) is 11.3 Å². The van der Waals surface area contributed by atoms with Crippen LogP contribution in [0.1, 0.15) is 39.5 Å². The molecule has 2 fully saturated rings. The molecule has 1 saturated carbocycles. The monoisotopic (exact) mass is 211 g/mol. The number of rotatable bonds is 3. The number of hydrogen-bond acceptors (Lipinski definition) is 2. The van der Waals surface area contributed by atoms with E-state index >= 15 is 0 Å². The zero-order chi connectivity index (χ0) is 11.1. The molecule has 0 radical (unpaired) electrons. The predicted molar refractivity (Wildman–Crippen MR) is 58.7 cm³/mol. The number of likely N-dealkylation sites (tertiary alicyclic amines) is 1. The molecule has 0 bridgehead atoms. The number of nitrogens with zero attached hydrogens (tertiary/aromatic N) is 1. The third-order valence-corrected chi connectivity index (χ3v) is 4.05. The molecule has 2 rings (SSSR count). The van der Waals surface area contributed by atoms with Crippen molar-refractivity contribution in [3.05, 3.63) is 0 Å². The summed E-state index contributed by atoms with van der Waals surface area (Å²) in [7, 11) is 0. The molecule has 3 nitrogen and oxygen atoms in total. The minimum atomic E-state index is -0.677. The van der Waals surface area contributed by atoms with Gasteiger partial charge in [-0.3, -0.25) is 9.69 Å². The number of fused-ring (bicyclic) bond motifs is 1. The number of carbonyl (C=O) groups is 1. The molecular weight excluding hydrogens is 190 g/mol. The van der Waals surface area contributed by atoms with Crippen LogP contribution in [0.4, 0.5) is 0 Å². The van der Waals surface area contributed by atoms with Crippen LogP contribution in [0, 0.1) is 11.3 Å². The first-order valence-corrected chi connectivity index (χ1v) is 5.98. The Balaban J connectivity index is 1.98. The molecule has 2 atom stereocenters. The van der Waals surface area contributed by atoms with E-state index in [0.29, 0.717) is 12.6 Å². The molecule has 1 heterocycles. The van der Waals surface area contributed by atoms with E-state index in [1.165, 1.54) is 25.7 Å². The molecule has 86 valence electrons. The van der Waals surface area contributed by atoms with Crippen LogP contribution >= 0.6 is 0 Å². The summed E-state index contributed by atoms with van der Waals surface area (Å²) >= 11 is 0. The molecule has 0 amide bonds. The lowest BCUT2D eigenvalue weighted by Gasteiger charge is -2.30. The smallest absolute Gasteiger partial charge is 0.310 e. The van der Waals surface area contributed by atoms with Crippen molar-refractivity contribution in [2.75, 3.05) is 13.1 Å². The molecule has 2 aliphatic rings. The van der Waals surface area contributed by atoms with Crippen LogP contribution in [0.3, 0.4) is 0 Å². The van der Waals surface area contributed by atoms with Crippen molar-refractivity contribution in [2.45, 2.75) is 45.6 Å². The summed E-state index contributed by atoms with van der Waals surface area (Å²) in [5, 5.41) is 9.12. The lowest BCUT2D eigenvalue weighted by molar-refractivity contribution is -0.148. The Morgan fingerprint density at radius 2 is 2.13 bits per heavy atom. The Hall–Kier alpha value is -0.570. The van der Waals surface area contributed by atoms with Gasteiger partial charge in [0.05, 0.1) is 5.41 Å². The van der Waals surface area contributed by atoms with Gasteiger partial charge in [-0.2, -0.15) is 0 Å². The average Bonchev–Trinajstić information content (AvgIpc) is 2.69. The summed E-state index contributed by atoms with van der Waals surface area (Å²) < 4.78 is 0. The van der Waals surface area contributed by atoms with Gasteiger partial charge in [-0.15, -0.1) is 0 Å². The zero-order valence-corrected chi connectivity index (χ0v) is 9.70. The molecule has 0 aromatic rings. The standard InChI is InChI=1S/C12H21NO2/c1-12(2,11(14)15)8-13-7-6-9-4-3-5-10(9)13/h9-10H,3-8H2,1-2H3,(H,14,15). The van der Waals surface area contributed by atoms with Crippen LogP contribution in [-0.4, -0.2) is 35.1 Å². The number of carboxylic acids is 1. The first-order valence-electron chi connectivity index (χ1n) is 5.98. The minimum Gasteiger partial charge on any atom is -0.481 e. The maximum absolute atomic E-state index is 11.1. The second kappa shape index (κ2) is 3.78. The van der Waals surface area contributed by atoms with Crippen LogP contribution in [0.15, 0.2) is 0 Å². The van der Waals surface area contributed by atoms with E-state index in [1.54, 1.807) is 0 Å². The molecule has 1 saturated heterocycles. The van der Waals surface area contributed by atoms with Crippen LogP contribution in [0.25, 0.3) is 0 Å². The molecule has 1 N–H and O–H groups in total. The molecule has 0 aromatic carbocycles. The van der Waals surface area contributed by atoms with Gasteiger partial charge in [0, 0.05) is 12.6 Å². The van der Waals surface area contributed by atoms with Crippen molar-refractivity contribution in [3.8, 4) is 0 Å². The Bertz CT molecular complexity index is 262. The first-order chi connectivity index (χ1) is 7.00. The minimum absolute atomic E-state index is 0.600. The van der Waals surface area contributed by atoms with Crippen molar-refractivity contribution in [1.29, 1.82) is 0 Å². The fourth-order valence-electron chi connectivity index (χ4n) is 3.10. The molecule has 2 unspecified atom stereocenters. The predicted octanol–water partition coefficient (Wildman–Crippen LogP) is 1.97. The van der Waals surface area contributed by atoms with Crippen LogP contribution in [0.2, 0.25) is 0 Å². The van der Waals surface area contributed by atoms with E-state index in [1.807, 2.05) is 13.8 Å². The molecule has 1 aliphatic carbocycles. The lowest BCUT2D eigenvalue weighted by atomic mass is 9.92. The van der Waals surface area contributed by atoms with Crippen LogP contribution < -0.4 is 0 Å². The summed E-state index contributed by atoms with van der Waals surface area (Å²) in [6, 6.07) is 0.684. The van der Waals surface area contributed by atoms with Gasteiger partial charge in [0.15, 0.2) is 0 Å². The highest BCUT2D eigenvalue weighted by Gasteiger charge is 2.41. The Morgan fingerprint density at radius 1 is 1.40 bits per heavy atom. The zero-order valence-electron chi connectivity index (χ0n) is 9.70. The maximum Gasteiger partial charge on any atom is 0.310 e. The topological polar surface area (TPSA) is 40.5 Å². The Kier molecular flexibility index (Phi) is 2.75. The van der Waals surface area contributed by atoms with Crippen LogP contribution in [-0.2, 0) is 4.79 Å². The van der Waals surface area contributed by atoms with E-state index in [0.717, 1.165) is 12.5 Å². The van der Waals surface area contributed by atoms with Gasteiger partial charge in [-0.25, -0.2) is 0 Å². The number of carboxylic acid groups (broad SMARTS) is 1. The molecule has 0 aromatic heterocycles. The molecule has 1 aliphatic heterocycles. The van der Waals surface area contributed by atoms with Gasteiger partial charge < -0.3 is 5.11 Å². The first kappa shape index (κ1) is 10.9. The third kappa shape index (κ3) is 2.03. The van der Waals surface area contributed by atoms with E-state index < -0.39 is 11.4 Å². The summed E-state index contributed by atoms with van der Waals surface area (Å²) in [5.41, 5.74) is -0.600. The Morgan fingerprint density at radius 3 is 2.80 bits per heavy atom. The second-order valence-corrected chi connectivity index (χ2v) is 5.71. The fraction of sp³-hybridized carbons (Fsp3) is 0.917. The van der Waals surface area contributed by atoms with Gasteiger partial charge in [0.2, 0.25) is 0 Å². The van der Waals surface area contributed by atoms with Gasteiger partial charge in [0.25, 0.3) is 0 Å². The van der Waals surface area contributed by atoms with Crippen LogP contribution in [0.5, 0.6) is 0 Å². The Labute approximate surface area is 91.5 Å². The van der Waals surface area contributed by atoms with Gasteiger partial charge in [-0.05, 0) is 45.6 Å². The van der Waals surface area contributed by atoms with E-state index in [9.17, 15) is 4.79 Å². The van der Waals surface area contributed by atoms with E-state index in [2.05, 4.69) is 4.90 Å². The molecule has 0 spiro atoms. The summed E-state index contributed by atoms with van der Waals surface area (Å²) in [4.78, 5) is 13.5. The highest BCUT2D eigenvalue weighted by molar-refractivity contribution is 5.73. The summed E-state index contributed by atoms with van der Waals surface area (Å²) in [6.07, 6.45) is 5.24. The van der Waals surface area contributed by atoms with Gasteiger partial charge >= 0.3 is 5.97 Å². The molecular formula is C12H21NO2. The fourth-order valence-corrected chi connectivity index (χ4v) is 3.10. The van der Waals surface area contributed by atoms with E-state index in [4.69, 9.17) is 5.11 Å². The highest BCUT2D eigenvalue weighted by atomic mass is 16.4. The van der Waals surface area contributed by atoms with Crippen molar-refractivity contribution in [3.63, 3.8) is 0 Å². The van der Waals surface area contributed by atoms with Crippen molar-refractivity contribution < 1.29 is 9.90 Å². The normalized spacial score (nSPS) is 31.9. The molecule has 3 heteroatoms. The van der Waals surface area contributed by atoms with Gasteiger partial charge in [-0.1, -0.05) is 6.42 Å². The largest absolute Gasteiger partial charge is 0.481 e. The maximum atomic E-state index is 11.1. The quantitative estimate of drug-likeness (QED) is 0.776. The summed E-state index contributed by atoms with van der Waals surface area (Å²) in [6.45, 7) is 5.48. The molecule has 15 heavy (non-hydrogen) atoms. The highest BCUT2D eigenvalue weighted by Crippen LogP contribution is 2.39. The van der Waals surface area contributed by atoms with E-state index in [-0.39, 0.29) is 0 Å². The summed E-state index contributed by atoms with van der Waals surface area (Å²) in [5.74, 6) is 0.179. The number of hydrogen-bond donors (Lipinski definition) is 1. The third-order valence-electron chi connectivity index (χ3n) is 4.05. The van der Waals surface area contributed by atoms with Gasteiger partial charge in [0.1, 0.15) is 0 Å². The van der Waals surface area contributed by atoms with Crippen molar-refractivity contribution in [1.82, 2.24) is 4.90 Å². The van der Waals surface area contributed by atoms with Crippen molar-refractivity contribution >= 4 is 5.97 Å². The number of aliphatic carboxylic acids is 1. The average molecular weight is 211 g/mol. The second-order valence-electron chi connectivity index (χ2n) is 5.71. The SMILES string of the molecule is CC(C)(CN1CCC2CCCC21)C(=O)O. The lowest BCUT2D eigenvalue weighted by Crippen LogP contribution is -2.41.